The molecular weight excluding hydrogens is 492 g/mol. The van der Waals surface area contributed by atoms with E-state index < -0.39 is 29.7 Å². The lowest BCUT2D eigenvalue weighted by molar-refractivity contribution is -0.147. The van der Waals surface area contributed by atoms with E-state index >= 15 is 0 Å². The summed E-state index contributed by atoms with van der Waals surface area (Å²) in [5, 5.41) is 6.36. The molecule has 0 saturated heterocycles. The van der Waals surface area contributed by atoms with E-state index in [4.69, 9.17) is 23.5 Å². The van der Waals surface area contributed by atoms with Gasteiger partial charge >= 0.3 is 18.0 Å². The first-order chi connectivity index (χ1) is 18.2. The Morgan fingerprint density at radius 2 is 1.50 bits per heavy atom. The first kappa shape index (κ1) is 28.2. The third-order valence-electron chi connectivity index (χ3n) is 5.04. The number of hydrogen-bond donors (Lipinski definition) is 1. The molecule has 1 atom stereocenters. The lowest BCUT2D eigenvalue weighted by Crippen LogP contribution is -2.45. The highest BCUT2D eigenvalue weighted by Crippen LogP contribution is 2.25. The molecule has 0 spiro atoms. The molecule has 1 aromatic heterocycles. The summed E-state index contributed by atoms with van der Waals surface area (Å²) in [5.74, 6) is -1.77. The number of nitrogens with zero attached hydrogens (tertiary/aromatic N) is 1. The molecule has 38 heavy (non-hydrogen) atoms. The number of aromatic nitrogens is 1. The molecule has 3 aromatic rings. The third-order valence-corrected chi connectivity index (χ3v) is 5.04. The largest absolute Gasteiger partial charge is 0.476 e. The van der Waals surface area contributed by atoms with Gasteiger partial charge in [0, 0.05) is 6.42 Å². The van der Waals surface area contributed by atoms with Crippen LogP contribution in [0, 0.1) is 0 Å². The van der Waals surface area contributed by atoms with Crippen molar-refractivity contribution in [3.05, 3.63) is 83.1 Å². The summed E-state index contributed by atoms with van der Waals surface area (Å²) in [6, 6.07) is 17.0. The molecule has 10 heteroatoms. The number of carbonyl (C=O) groups excluding carboxylic acids is 3. The summed E-state index contributed by atoms with van der Waals surface area (Å²) >= 11 is 0. The molecule has 1 heterocycles. The minimum atomic E-state index is -1.24. The Balaban J connectivity index is 1.82. The minimum Gasteiger partial charge on any atom is -0.476 e. The Kier molecular flexibility index (Phi) is 9.86. The number of benzene rings is 2. The van der Waals surface area contributed by atoms with Gasteiger partial charge in [0.05, 0.1) is 12.2 Å². The van der Waals surface area contributed by atoms with Crippen LogP contribution in [-0.2, 0) is 38.6 Å². The highest BCUT2D eigenvalue weighted by Gasteiger charge is 2.32. The molecule has 1 unspecified atom stereocenters. The first-order valence-corrected chi connectivity index (χ1v) is 12.2. The normalized spacial score (nSPS) is 11.8. The maximum atomic E-state index is 13.1. The van der Waals surface area contributed by atoms with Crippen molar-refractivity contribution in [3.63, 3.8) is 0 Å². The van der Waals surface area contributed by atoms with Gasteiger partial charge in [-0.1, -0.05) is 60.7 Å². The maximum absolute atomic E-state index is 13.1. The lowest BCUT2D eigenvalue weighted by atomic mass is 10.1. The molecule has 202 valence electrons. The fourth-order valence-corrected chi connectivity index (χ4v) is 3.35. The summed E-state index contributed by atoms with van der Waals surface area (Å²) in [6.07, 6.45) is -1.05. The molecule has 0 aliphatic rings. The molecule has 3 rings (SSSR count). The Morgan fingerprint density at radius 1 is 0.921 bits per heavy atom. The second-order valence-corrected chi connectivity index (χ2v) is 9.29. The van der Waals surface area contributed by atoms with E-state index in [0.717, 1.165) is 11.1 Å². The van der Waals surface area contributed by atoms with Crippen molar-refractivity contribution in [1.29, 1.82) is 0 Å². The van der Waals surface area contributed by atoms with Crippen molar-refractivity contribution in [2.75, 3.05) is 6.61 Å². The molecule has 0 fully saturated rings. The smallest absolute Gasteiger partial charge is 0.408 e. The Hall–Kier alpha value is -4.34. The molecule has 2 aromatic carbocycles. The molecule has 0 saturated carbocycles. The van der Waals surface area contributed by atoms with Gasteiger partial charge in [-0.05, 0) is 44.0 Å². The van der Waals surface area contributed by atoms with Crippen LogP contribution in [0.4, 0.5) is 4.79 Å². The molecule has 10 nitrogen and oxygen atoms in total. The van der Waals surface area contributed by atoms with E-state index in [9.17, 15) is 14.4 Å². The fraction of sp³-hybridized carbons (Fsp3) is 0.357. The van der Waals surface area contributed by atoms with Gasteiger partial charge in [0.2, 0.25) is 0 Å². The van der Waals surface area contributed by atoms with Gasteiger partial charge in [-0.2, -0.15) is 0 Å². The van der Waals surface area contributed by atoms with Crippen LogP contribution >= 0.6 is 0 Å². The molecule has 0 aliphatic heterocycles. The van der Waals surface area contributed by atoms with E-state index in [1.165, 1.54) is 0 Å². The Labute approximate surface area is 221 Å². The predicted molar refractivity (Wildman–Crippen MR) is 136 cm³/mol. The van der Waals surface area contributed by atoms with Crippen LogP contribution in [-0.4, -0.2) is 41.4 Å². The molecular formula is C28H32N2O8. The number of rotatable bonds is 11. The maximum Gasteiger partial charge on any atom is 0.408 e. The number of alkyl carbamates (subject to hydrolysis) is 1. The second kappa shape index (κ2) is 13.3. The van der Waals surface area contributed by atoms with Crippen molar-refractivity contribution in [2.24, 2.45) is 0 Å². The fourth-order valence-electron chi connectivity index (χ4n) is 3.35. The zero-order valence-electron chi connectivity index (χ0n) is 21.9. The van der Waals surface area contributed by atoms with Crippen LogP contribution in [0.1, 0.15) is 54.9 Å². The highest BCUT2D eigenvalue weighted by atomic mass is 16.6. The topological polar surface area (TPSA) is 126 Å². The second-order valence-electron chi connectivity index (χ2n) is 9.29. The quantitative estimate of drug-likeness (QED) is 0.283. The monoisotopic (exact) mass is 524 g/mol. The van der Waals surface area contributed by atoms with Gasteiger partial charge < -0.3 is 28.8 Å². The van der Waals surface area contributed by atoms with Gasteiger partial charge in [-0.3, -0.25) is 0 Å². The van der Waals surface area contributed by atoms with Crippen molar-refractivity contribution in [3.8, 4) is 5.88 Å². The van der Waals surface area contributed by atoms with Gasteiger partial charge in [0.15, 0.2) is 0 Å². The summed E-state index contributed by atoms with van der Waals surface area (Å²) in [7, 11) is 0. The Morgan fingerprint density at radius 3 is 2.05 bits per heavy atom. The van der Waals surface area contributed by atoms with E-state index in [2.05, 4.69) is 10.5 Å². The lowest BCUT2D eigenvalue weighted by Gasteiger charge is -2.23. The van der Waals surface area contributed by atoms with Crippen molar-refractivity contribution in [1.82, 2.24) is 10.5 Å². The number of hydrogen-bond acceptors (Lipinski definition) is 9. The molecule has 1 N–H and O–H groups in total. The van der Waals surface area contributed by atoms with E-state index in [0.29, 0.717) is 0 Å². The number of nitrogens with one attached hydrogen (secondary N) is 1. The molecule has 0 bridgehead atoms. The summed E-state index contributed by atoms with van der Waals surface area (Å²) in [6.45, 7) is 7.04. The zero-order chi connectivity index (χ0) is 27.5. The van der Waals surface area contributed by atoms with Crippen LogP contribution in [0.25, 0.3) is 0 Å². The number of ether oxygens (including phenoxy) is 4. The van der Waals surface area contributed by atoms with Crippen molar-refractivity contribution in [2.45, 2.75) is 59.0 Å². The van der Waals surface area contributed by atoms with Crippen LogP contribution in [0.3, 0.4) is 0 Å². The average Bonchev–Trinajstić information content (AvgIpc) is 3.28. The van der Waals surface area contributed by atoms with E-state index in [-0.39, 0.29) is 43.4 Å². The number of carbonyl (C=O) groups is 3. The van der Waals surface area contributed by atoms with Gasteiger partial charge in [-0.25, -0.2) is 14.4 Å². The third kappa shape index (κ3) is 8.65. The number of esters is 2. The molecule has 0 aliphatic carbocycles. The molecule has 0 radical (unpaired) electrons. The number of amides is 1. The summed E-state index contributed by atoms with van der Waals surface area (Å²) in [5.41, 5.74) is 0.897. The zero-order valence-corrected chi connectivity index (χ0v) is 21.9. The first-order valence-electron chi connectivity index (χ1n) is 12.2. The van der Waals surface area contributed by atoms with Gasteiger partial charge in [0.1, 0.15) is 24.9 Å². The molecule has 1 amide bonds. The average molecular weight is 525 g/mol. The van der Waals surface area contributed by atoms with Crippen LogP contribution in [0.15, 0.2) is 65.2 Å². The standard InChI is InChI=1S/C28H32N2O8/c1-5-34-24-21(23(38-30-24)26(32)36-18-20-14-10-7-11-15-20)16-22(29-27(33)37-28(2,3)4)25(31)35-17-19-12-8-6-9-13-19/h6-15,22H,5,16-18H2,1-4H3,(H,29,33). The Bertz CT molecular complexity index is 1200. The SMILES string of the molecule is CCOc1noc(C(=O)OCc2ccccc2)c1CC(NC(=O)OC(C)(C)C)C(=O)OCc1ccccc1. The summed E-state index contributed by atoms with van der Waals surface area (Å²) < 4.78 is 26.9. The highest BCUT2D eigenvalue weighted by molar-refractivity contribution is 5.89. The van der Waals surface area contributed by atoms with E-state index in [1.54, 1.807) is 39.8 Å². The summed E-state index contributed by atoms with van der Waals surface area (Å²) in [4.78, 5) is 38.6. The van der Waals surface area contributed by atoms with Crippen LogP contribution < -0.4 is 10.1 Å². The van der Waals surface area contributed by atoms with Crippen molar-refractivity contribution < 1.29 is 37.9 Å². The van der Waals surface area contributed by atoms with Crippen LogP contribution in [0.5, 0.6) is 5.88 Å². The van der Waals surface area contributed by atoms with Crippen LogP contribution in [0.2, 0.25) is 0 Å². The van der Waals surface area contributed by atoms with E-state index in [1.807, 2.05) is 48.5 Å². The van der Waals surface area contributed by atoms with Crippen molar-refractivity contribution >= 4 is 18.0 Å². The van der Waals surface area contributed by atoms with Gasteiger partial charge in [-0.15, -0.1) is 0 Å². The minimum absolute atomic E-state index is 0.00247. The van der Waals surface area contributed by atoms with Gasteiger partial charge in [0.25, 0.3) is 11.6 Å². The predicted octanol–water partition coefficient (Wildman–Crippen LogP) is 4.61.